The molecule has 56 heavy (non-hydrogen) atoms. The smallest absolute Gasteiger partial charge is 0.471 e. The van der Waals surface area contributed by atoms with Gasteiger partial charge in [0.1, 0.15) is 11.8 Å². The maximum Gasteiger partial charge on any atom is 0.471 e. The number of likely N-dealkylation sites (tertiary alicyclic amines) is 1. The molecule has 3 heterocycles. The molecule has 0 aliphatic carbocycles. The summed E-state index contributed by atoms with van der Waals surface area (Å²) in [5.74, 6) is -2.10. The van der Waals surface area contributed by atoms with E-state index in [1.54, 1.807) is 28.9 Å². The number of amides is 2. The number of ether oxygens (including phenoxy) is 2. The normalized spacial score (nSPS) is 21.2. The van der Waals surface area contributed by atoms with Gasteiger partial charge in [-0.25, -0.2) is 0 Å². The average molecular weight is 789 g/mol. The second-order valence-electron chi connectivity index (χ2n) is 13.7. The number of hydrogen-bond acceptors (Lipinski definition) is 10. The van der Waals surface area contributed by atoms with Gasteiger partial charge in [-0.05, 0) is 75.4 Å². The number of nitrogens with zero attached hydrogens (tertiary/aromatic N) is 5. The number of tetrazole rings is 1. The number of carbonyl (C=O) groups is 2. The number of aromatic hydroxyl groups is 1. The Labute approximate surface area is 324 Å². The van der Waals surface area contributed by atoms with Gasteiger partial charge in [-0.1, -0.05) is 91.5 Å². The maximum atomic E-state index is 13.1. The van der Waals surface area contributed by atoms with Crippen molar-refractivity contribution in [1.82, 2.24) is 30.4 Å². The molecule has 0 radical (unpaired) electrons. The highest BCUT2D eigenvalue weighted by Crippen LogP contribution is 2.43. The van der Waals surface area contributed by atoms with Crippen LogP contribution < -0.4 is 5.32 Å². The Balaban J connectivity index is 1.08. The van der Waals surface area contributed by atoms with Gasteiger partial charge in [0.2, 0.25) is 11.1 Å². The predicted molar refractivity (Wildman–Crippen MR) is 199 cm³/mol. The Bertz CT molecular complexity index is 2130. The number of phenols is 1. The SMILES string of the molecule is C[C@H]1[C@@H](CSc2nnnn2-c2ccc(O)cc2)O[C@@H](c2ccc(-c3ccccc3CNC(=O)[C@@H]3CCCN3C(=O)C(F)(F)F)cc2)O[C@H]1c1ccc(CO)cc1. The molecular formula is C40H39F3N6O6S. The van der Waals surface area contributed by atoms with Gasteiger partial charge in [-0.3, -0.25) is 9.59 Å². The fraction of sp³-hybridized carbons (Fsp3) is 0.325. The van der Waals surface area contributed by atoms with Gasteiger partial charge >= 0.3 is 12.1 Å². The second-order valence-corrected chi connectivity index (χ2v) is 14.7. The Kier molecular flexibility index (Phi) is 11.7. The van der Waals surface area contributed by atoms with Gasteiger partial charge in [0.25, 0.3) is 0 Å². The number of nitrogens with one attached hydrogen (secondary N) is 1. The first-order valence-electron chi connectivity index (χ1n) is 18.0. The summed E-state index contributed by atoms with van der Waals surface area (Å²) in [6.45, 7) is 1.92. The first-order chi connectivity index (χ1) is 27.0. The number of aromatic nitrogens is 4. The van der Waals surface area contributed by atoms with E-state index in [0.717, 1.165) is 33.4 Å². The molecule has 1 aromatic heterocycles. The molecule has 12 nitrogen and oxygen atoms in total. The number of aliphatic hydroxyl groups is 1. The number of benzene rings is 4. The van der Waals surface area contributed by atoms with Crippen molar-refractivity contribution in [2.45, 2.75) is 68.8 Å². The fourth-order valence-corrected chi connectivity index (χ4v) is 8.07. The van der Waals surface area contributed by atoms with E-state index in [1.165, 1.54) is 11.8 Å². The van der Waals surface area contributed by atoms with Crippen LogP contribution >= 0.6 is 11.8 Å². The molecule has 292 valence electrons. The van der Waals surface area contributed by atoms with E-state index < -0.39 is 30.3 Å². The quantitative estimate of drug-likeness (QED) is 0.131. The Hall–Kier alpha value is -5.29. The lowest BCUT2D eigenvalue weighted by atomic mass is 9.91. The fourth-order valence-electron chi connectivity index (χ4n) is 7.01. The molecule has 2 fully saturated rings. The maximum absolute atomic E-state index is 13.1. The van der Waals surface area contributed by atoms with Crippen molar-refractivity contribution in [1.29, 1.82) is 0 Å². The molecular weight excluding hydrogens is 750 g/mol. The van der Waals surface area contributed by atoms with Crippen molar-refractivity contribution in [2.24, 2.45) is 5.92 Å². The topological polar surface area (TPSA) is 152 Å². The van der Waals surface area contributed by atoms with E-state index in [9.17, 15) is 33.0 Å². The highest BCUT2D eigenvalue weighted by Gasteiger charge is 2.47. The summed E-state index contributed by atoms with van der Waals surface area (Å²) in [7, 11) is 0. The molecule has 2 aliphatic rings. The Morgan fingerprint density at radius 3 is 2.38 bits per heavy atom. The first kappa shape index (κ1) is 39.0. The predicted octanol–water partition coefficient (Wildman–Crippen LogP) is 6.28. The van der Waals surface area contributed by atoms with E-state index in [1.807, 2.05) is 72.8 Å². The monoisotopic (exact) mass is 788 g/mol. The van der Waals surface area contributed by atoms with Crippen molar-refractivity contribution >= 4 is 23.6 Å². The molecule has 5 atom stereocenters. The zero-order chi connectivity index (χ0) is 39.4. The molecule has 0 spiro atoms. The summed E-state index contributed by atoms with van der Waals surface area (Å²) < 4.78 is 54.3. The van der Waals surface area contributed by atoms with Crippen molar-refractivity contribution in [3.63, 3.8) is 0 Å². The zero-order valence-electron chi connectivity index (χ0n) is 30.2. The molecule has 5 aromatic rings. The Morgan fingerprint density at radius 2 is 1.66 bits per heavy atom. The molecule has 2 amide bonds. The number of carbonyl (C=O) groups excluding carboxylic acids is 2. The van der Waals surface area contributed by atoms with E-state index in [0.29, 0.717) is 27.9 Å². The molecule has 7 rings (SSSR count). The zero-order valence-corrected chi connectivity index (χ0v) is 31.0. The lowest BCUT2D eigenvalue weighted by molar-refractivity contribution is -0.268. The van der Waals surface area contributed by atoms with Crippen molar-refractivity contribution < 1.29 is 42.4 Å². The summed E-state index contributed by atoms with van der Waals surface area (Å²) >= 11 is 1.43. The van der Waals surface area contributed by atoms with Crippen LogP contribution in [-0.4, -0.2) is 77.8 Å². The summed E-state index contributed by atoms with van der Waals surface area (Å²) in [4.78, 5) is 25.5. The number of phenolic OH excluding ortho intramolecular Hbond substituents is 1. The van der Waals surface area contributed by atoms with Gasteiger partial charge in [0.15, 0.2) is 6.29 Å². The number of aliphatic hydroxyl groups excluding tert-OH is 1. The molecule has 0 unspecified atom stereocenters. The first-order valence-corrected chi connectivity index (χ1v) is 19.0. The van der Waals surface area contributed by atoms with Crippen LogP contribution in [0.3, 0.4) is 0 Å². The minimum atomic E-state index is -5.05. The third-order valence-corrected chi connectivity index (χ3v) is 11.1. The van der Waals surface area contributed by atoms with Gasteiger partial charge in [0, 0.05) is 30.3 Å². The molecule has 2 aliphatic heterocycles. The van der Waals surface area contributed by atoms with Crippen LogP contribution in [-0.2, 0) is 32.2 Å². The summed E-state index contributed by atoms with van der Waals surface area (Å²) in [5.41, 5.74) is 5.57. The van der Waals surface area contributed by atoms with Gasteiger partial charge in [0.05, 0.1) is 24.5 Å². The van der Waals surface area contributed by atoms with Crippen LogP contribution in [0, 0.1) is 5.92 Å². The largest absolute Gasteiger partial charge is 0.508 e. The van der Waals surface area contributed by atoms with Crippen molar-refractivity contribution in [2.75, 3.05) is 12.3 Å². The number of thioether (sulfide) groups is 1. The van der Waals surface area contributed by atoms with Crippen LogP contribution in [0.25, 0.3) is 16.8 Å². The molecule has 2 saturated heterocycles. The lowest BCUT2D eigenvalue weighted by Gasteiger charge is -2.41. The highest BCUT2D eigenvalue weighted by molar-refractivity contribution is 7.99. The number of halogens is 3. The third kappa shape index (κ3) is 8.58. The molecule has 0 saturated carbocycles. The van der Waals surface area contributed by atoms with Crippen LogP contribution in [0.15, 0.2) is 102 Å². The molecule has 16 heteroatoms. The van der Waals surface area contributed by atoms with Crippen LogP contribution in [0.2, 0.25) is 0 Å². The van der Waals surface area contributed by atoms with Crippen LogP contribution in [0.1, 0.15) is 54.4 Å². The second kappa shape index (κ2) is 16.8. The van der Waals surface area contributed by atoms with Gasteiger partial charge < -0.3 is 29.9 Å². The van der Waals surface area contributed by atoms with Crippen molar-refractivity contribution in [3.8, 4) is 22.6 Å². The Morgan fingerprint density at radius 1 is 0.946 bits per heavy atom. The minimum absolute atomic E-state index is 0.0557. The van der Waals surface area contributed by atoms with E-state index in [-0.39, 0.29) is 50.0 Å². The molecule has 4 aromatic carbocycles. The van der Waals surface area contributed by atoms with E-state index >= 15 is 0 Å². The van der Waals surface area contributed by atoms with Gasteiger partial charge in [-0.15, -0.1) is 5.10 Å². The standard InChI is InChI=1S/C40H39F3N6O6S/c1-24-34(23-56-39-45-46-47-49(39)30-16-18-31(51)19-17-30)54-37(55-35(24)27-10-8-25(22-50)9-11-27)28-14-12-26(13-15-28)32-6-3-2-5-29(32)21-44-36(52)33-7-4-20-48(33)38(53)40(41,42)43/h2-3,5-6,8-19,24,33-35,37,50-51H,4,7,20-23H2,1H3,(H,44,52)/t24-,33-,34+,35+,37+/m0/s1. The van der Waals surface area contributed by atoms with E-state index in [2.05, 4.69) is 27.8 Å². The van der Waals surface area contributed by atoms with Gasteiger partial charge in [-0.2, -0.15) is 17.9 Å². The molecule has 3 N–H and O–H groups in total. The van der Waals surface area contributed by atoms with Crippen LogP contribution in [0.5, 0.6) is 5.75 Å². The lowest BCUT2D eigenvalue weighted by Crippen LogP contribution is -2.50. The summed E-state index contributed by atoms with van der Waals surface area (Å²) in [6, 6.07) is 28.1. The van der Waals surface area contributed by atoms with Crippen molar-refractivity contribution in [3.05, 3.63) is 119 Å². The number of hydrogen-bond donors (Lipinski definition) is 3. The number of alkyl halides is 3. The summed E-state index contributed by atoms with van der Waals surface area (Å²) in [5, 5.41) is 34.9. The molecule has 0 bridgehead atoms. The third-order valence-electron chi connectivity index (χ3n) is 10.1. The average Bonchev–Trinajstić information content (AvgIpc) is 3.90. The van der Waals surface area contributed by atoms with E-state index in [4.69, 9.17) is 9.47 Å². The van der Waals surface area contributed by atoms with Crippen LogP contribution in [0.4, 0.5) is 13.2 Å². The highest BCUT2D eigenvalue weighted by atomic mass is 32.2. The summed E-state index contributed by atoms with van der Waals surface area (Å²) in [6.07, 6.45) is -5.98. The minimum Gasteiger partial charge on any atom is -0.508 e. The number of rotatable bonds is 11.